The summed E-state index contributed by atoms with van der Waals surface area (Å²) in [6.07, 6.45) is 3.77. The summed E-state index contributed by atoms with van der Waals surface area (Å²) in [5, 5.41) is 10.2. The van der Waals surface area contributed by atoms with Crippen LogP contribution in [0, 0.1) is 0 Å². The molecule has 4 rings (SSSR count). The zero-order chi connectivity index (χ0) is 22.3. The number of benzene rings is 2. The van der Waals surface area contributed by atoms with Crippen molar-refractivity contribution in [2.24, 2.45) is 0 Å². The van der Waals surface area contributed by atoms with E-state index in [1.807, 2.05) is 60.1 Å². The van der Waals surface area contributed by atoms with E-state index < -0.39 is 0 Å². The van der Waals surface area contributed by atoms with Crippen LogP contribution in [0.4, 0.5) is 5.69 Å². The van der Waals surface area contributed by atoms with Crippen molar-refractivity contribution in [1.29, 1.82) is 0 Å². The molecule has 2 amide bonds. The molecule has 0 unspecified atom stereocenters. The summed E-state index contributed by atoms with van der Waals surface area (Å²) < 4.78 is 6.98. The second-order valence-electron chi connectivity index (χ2n) is 7.32. The predicted octanol–water partition coefficient (Wildman–Crippen LogP) is 4.27. The van der Waals surface area contributed by atoms with Crippen LogP contribution in [0.1, 0.15) is 44.7 Å². The van der Waals surface area contributed by atoms with Crippen LogP contribution >= 0.6 is 0 Å². The number of aromatic nitrogens is 2. The number of furan rings is 1. The molecule has 2 aromatic heterocycles. The zero-order valence-electron chi connectivity index (χ0n) is 17.7. The smallest absolute Gasteiger partial charge is 0.291 e. The average Bonchev–Trinajstić information content (AvgIpc) is 3.49. The summed E-state index contributed by atoms with van der Waals surface area (Å²) in [5.41, 5.74) is 4.09. The van der Waals surface area contributed by atoms with Crippen LogP contribution in [0.5, 0.6) is 0 Å². The molecule has 0 fully saturated rings. The number of carbonyl (C=O) groups excluding carboxylic acids is 2. The monoisotopic (exact) mass is 428 g/mol. The molecule has 0 atom stereocenters. The van der Waals surface area contributed by atoms with Gasteiger partial charge in [-0.2, -0.15) is 5.10 Å². The van der Waals surface area contributed by atoms with E-state index in [0.29, 0.717) is 30.8 Å². The second kappa shape index (κ2) is 9.78. The lowest BCUT2D eigenvalue weighted by atomic mass is 10.1. The highest BCUT2D eigenvalue weighted by Gasteiger charge is 2.16. The van der Waals surface area contributed by atoms with Crippen LogP contribution in [-0.4, -0.2) is 21.6 Å². The number of nitrogens with one attached hydrogen (secondary N) is 2. The first-order chi connectivity index (χ1) is 15.6. The fourth-order valence-electron chi connectivity index (χ4n) is 3.50. The lowest BCUT2D eigenvalue weighted by Crippen LogP contribution is -2.24. The van der Waals surface area contributed by atoms with Gasteiger partial charge in [0.25, 0.3) is 11.8 Å². The van der Waals surface area contributed by atoms with Gasteiger partial charge in [0.05, 0.1) is 30.3 Å². The van der Waals surface area contributed by atoms with Gasteiger partial charge >= 0.3 is 0 Å². The molecule has 7 heteroatoms. The molecule has 0 spiro atoms. The van der Waals surface area contributed by atoms with Crippen molar-refractivity contribution < 1.29 is 14.0 Å². The van der Waals surface area contributed by atoms with Gasteiger partial charge in [0.15, 0.2) is 5.76 Å². The average molecular weight is 428 g/mol. The molecule has 0 aliphatic heterocycles. The minimum atomic E-state index is -0.324. The predicted molar refractivity (Wildman–Crippen MR) is 121 cm³/mol. The first-order valence-corrected chi connectivity index (χ1v) is 10.4. The minimum Gasteiger partial charge on any atom is -0.459 e. The van der Waals surface area contributed by atoms with Crippen molar-refractivity contribution in [3.63, 3.8) is 0 Å². The number of nitrogens with zero attached hydrogens (tertiary/aromatic N) is 2. The van der Waals surface area contributed by atoms with Gasteiger partial charge in [-0.3, -0.25) is 14.3 Å². The Kier molecular flexibility index (Phi) is 6.46. The van der Waals surface area contributed by atoms with Crippen LogP contribution in [0.25, 0.3) is 0 Å². The molecule has 4 aromatic rings. The van der Waals surface area contributed by atoms with E-state index in [0.717, 1.165) is 16.8 Å². The number of amides is 2. The van der Waals surface area contributed by atoms with Gasteiger partial charge in [-0.05, 0) is 41.8 Å². The number of carbonyl (C=O) groups is 2. The lowest BCUT2D eigenvalue weighted by molar-refractivity contribution is 0.0948. The van der Waals surface area contributed by atoms with Gasteiger partial charge in [-0.1, -0.05) is 49.4 Å². The molecule has 0 saturated carbocycles. The number of anilines is 1. The first kappa shape index (κ1) is 21.1. The summed E-state index contributed by atoms with van der Waals surface area (Å²) in [5.74, 6) is -0.260. The van der Waals surface area contributed by atoms with E-state index in [9.17, 15) is 9.59 Å². The molecule has 32 heavy (non-hydrogen) atoms. The van der Waals surface area contributed by atoms with E-state index in [4.69, 9.17) is 4.42 Å². The Hall–Kier alpha value is -4.13. The molecule has 162 valence electrons. The summed E-state index contributed by atoms with van der Waals surface area (Å²) in [6, 6.07) is 20.6. The Balaban J connectivity index is 1.40. The molecule has 2 aromatic carbocycles. The highest BCUT2D eigenvalue weighted by molar-refractivity contribution is 6.02. The SMILES string of the molecule is CCc1c(C(=O)NCc2cccc(NC(=O)c3ccco3)c2)cnn1Cc1ccccc1. The maximum atomic E-state index is 12.8. The standard InChI is InChI=1S/C25H24N4O3/c1-2-22-21(16-27-29(22)17-18-8-4-3-5-9-18)24(30)26-15-19-10-6-11-20(14-19)28-25(31)23-12-7-13-32-23/h3-14,16H,2,15,17H2,1H3,(H,26,30)(H,28,31). The summed E-state index contributed by atoms with van der Waals surface area (Å²) >= 11 is 0. The minimum absolute atomic E-state index is 0.175. The molecular weight excluding hydrogens is 404 g/mol. The fraction of sp³-hybridized carbons (Fsp3) is 0.160. The van der Waals surface area contributed by atoms with E-state index >= 15 is 0 Å². The van der Waals surface area contributed by atoms with Crippen molar-refractivity contribution in [3.8, 4) is 0 Å². The Morgan fingerprint density at radius 3 is 2.53 bits per heavy atom. The molecule has 0 bridgehead atoms. The highest BCUT2D eigenvalue weighted by atomic mass is 16.3. The van der Waals surface area contributed by atoms with E-state index in [1.54, 1.807) is 24.4 Å². The van der Waals surface area contributed by atoms with Crippen LogP contribution in [0.2, 0.25) is 0 Å². The third kappa shape index (κ3) is 4.95. The third-order valence-corrected chi connectivity index (χ3v) is 5.09. The van der Waals surface area contributed by atoms with Crippen LogP contribution < -0.4 is 10.6 Å². The van der Waals surface area contributed by atoms with Crippen LogP contribution in [0.15, 0.2) is 83.6 Å². The summed E-state index contributed by atoms with van der Waals surface area (Å²) in [7, 11) is 0. The van der Waals surface area contributed by atoms with Crippen molar-refractivity contribution in [1.82, 2.24) is 15.1 Å². The number of rotatable bonds is 8. The van der Waals surface area contributed by atoms with Gasteiger partial charge in [0, 0.05) is 12.2 Å². The number of hydrogen-bond acceptors (Lipinski definition) is 4. The van der Waals surface area contributed by atoms with Gasteiger partial charge in [0.2, 0.25) is 0 Å². The van der Waals surface area contributed by atoms with E-state index in [-0.39, 0.29) is 17.6 Å². The maximum absolute atomic E-state index is 12.8. The molecule has 7 nitrogen and oxygen atoms in total. The number of hydrogen-bond donors (Lipinski definition) is 2. The topological polar surface area (TPSA) is 89.2 Å². The Bertz CT molecular complexity index is 1200. The van der Waals surface area contributed by atoms with Gasteiger partial charge in [-0.15, -0.1) is 0 Å². The largest absolute Gasteiger partial charge is 0.459 e. The fourth-order valence-corrected chi connectivity index (χ4v) is 3.50. The molecule has 0 saturated heterocycles. The lowest BCUT2D eigenvalue weighted by Gasteiger charge is -2.10. The Labute approximate surface area is 186 Å². The van der Waals surface area contributed by atoms with E-state index in [1.165, 1.54) is 6.26 Å². The van der Waals surface area contributed by atoms with Crippen molar-refractivity contribution in [2.45, 2.75) is 26.4 Å². The Morgan fingerprint density at radius 1 is 0.969 bits per heavy atom. The van der Waals surface area contributed by atoms with Crippen LogP contribution in [-0.2, 0) is 19.5 Å². The van der Waals surface area contributed by atoms with Gasteiger partial charge in [-0.25, -0.2) is 0 Å². The normalized spacial score (nSPS) is 10.7. The molecule has 0 aliphatic rings. The quantitative estimate of drug-likeness (QED) is 0.439. The van der Waals surface area contributed by atoms with E-state index in [2.05, 4.69) is 15.7 Å². The molecule has 0 radical (unpaired) electrons. The van der Waals surface area contributed by atoms with Crippen molar-refractivity contribution in [3.05, 3.63) is 107 Å². The third-order valence-electron chi connectivity index (χ3n) is 5.09. The first-order valence-electron chi connectivity index (χ1n) is 10.4. The van der Waals surface area contributed by atoms with Crippen LogP contribution in [0.3, 0.4) is 0 Å². The Morgan fingerprint density at radius 2 is 1.78 bits per heavy atom. The molecule has 2 heterocycles. The zero-order valence-corrected chi connectivity index (χ0v) is 17.7. The second-order valence-corrected chi connectivity index (χ2v) is 7.32. The van der Waals surface area contributed by atoms with Gasteiger partial charge in [0.1, 0.15) is 0 Å². The summed E-state index contributed by atoms with van der Waals surface area (Å²) in [6.45, 7) is 2.96. The highest BCUT2D eigenvalue weighted by Crippen LogP contribution is 2.15. The van der Waals surface area contributed by atoms with Crippen molar-refractivity contribution in [2.75, 3.05) is 5.32 Å². The van der Waals surface area contributed by atoms with Gasteiger partial charge < -0.3 is 15.1 Å². The molecular formula is C25H24N4O3. The summed E-state index contributed by atoms with van der Waals surface area (Å²) in [4.78, 5) is 25.0. The molecule has 2 N–H and O–H groups in total. The maximum Gasteiger partial charge on any atom is 0.291 e. The molecule has 0 aliphatic carbocycles. The van der Waals surface area contributed by atoms with Crippen molar-refractivity contribution >= 4 is 17.5 Å².